The second-order valence-corrected chi connectivity index (χ2v) is 6.95. The first-order chi connectivity index (χ1) is 13.5. The van der Waals surface area contributed by atoms with Gasteiger partial charge in [-0.1, -0.05) is 26.0 Å². The maximum absolute atomic E-state index is 13.3. The van der Waals surface area contributed by atoms with E-state index in [0.717, 1.165) is 12.1 Å². The lowest BCUT2D eigenvalue weighted by molar-refractivity contribution is 0.0952. The lowest BCUT2D eigenvalue weighted by Crippen LogP contribution is -2.25. The molecule has 3 aromatic rings. The Morgan fingerprint density at radius 3 is 2.46 bits per heavy atom. The van der Waals surface area contributed by atoms with Crippen LogP contribution in [0.25, 0.3) is 11.3 Å². The van der Waals surface area contributed by atoms with Gasteiger partial charge in [0, 0.05) is 23.4 Å². The molecule has 0 bridgehead atoms. The molecule has 28 heavy (non-hydrogen) atoms. The molecule has 0 atom stereocenters. The minimum absolute atomic E-state index is 0.0774. The SMILES string of the molecule is CC(C)CCNC(=O)c1ccc(Nc2ccc(-c3cccc(F)c3)nn2)cc1. The Hall–Kier alpha value is -3.28. The Morgan fingerprint density at radius 2 is 1.82 bits per heavy atom. The number of halogens is 1. The number of carbonyl (C=O) groups excluding carboxylic acids is 1. The molecule has 6 heteroatoms. The van der Waals surface area contributed by atoms with Crippen LogP contribution in [0.5, 0.6) is 0 Å². The van der Waals surface area contributed by atoms with Crippen LogP contribution in [0.4, 0.5) is 15.9 Å². The fourth-order valence-corrected chi connectivity index (χ4v) is 2.63. The number of aromatic nitrogens is 2. The van der Waals surface area contributed by atoms with Crippen molar-refractivity contribution in [2.24, 2.45) is 5.92 Å². The molecule has 0 fully saturated rings. The molecule has 5 nitrogen and oxygen atoms in total. The molecule has 0 unspecified atom stereocenters. The second-order valence-electron chi connectivity index (χ2n) is 6.95. The normalized spacial score (nSPS) is 10.7. The van der Waals surface area contributed by atoms with Crippen LogP contribution in [0, 0.1) is 11.7 Å². The van der Waals surface area contributed by atoms with Crippen LogP contribution in [0.1, 0.15) is 30.6 Å². The van der Waals surface area contributed by atoms with Crippen molar-refractivity contribution in [3.8, 4) is 11.3 Å². The number of amides is 1. The summed E-state index contributed by atoms with van der Waals surface area (Å²) in [6.07, 6.45) is 0.954. The van der Waals surface area contributed by atoms with E-state index in [-0.39, 0.29) is 11.7 Å². The first-order valence-electron chi connectivity index (χ1n) is 9.26. The van der Waals surface area contributed by atoms with Crippen molar-refractivity contribution in [2.75, 3.05) is 11.9 Å². The van der Waals surface area contributed by atoms with Crippen LogP contribution in [0.15, 0.2) is 60.7 Å². The van der Waals surface area contributed by atoms with Crippen molar-refractivity contribution in [3.05, 3.63) is 72.0 Å². The van der Waals surface area contributed by atoms with Gasteiger partial charge in [-0.3, -0.25) is 4.79 Å². The molecule has 0 aliphatic heterocycles. The van der Waals surface area contributed by atoms with Gasteiger partial charge in [-0.15, -0.1) is 10.2 Å². The van der Waals surface area contributed by atoms with Crippen molar-refractivity contribution < 1.29 is 9.18 Å². The molecule has 0 saturated carbocycles. The average Bonchev–Trinajstić information content (AvgIpc) is 2.69. The standard InChI is InChI=1S/C22H23FN4O/c1-15(2)12-13-24-22(28)16-6-8-19(9-7-16)25-21-11-10-20(26-27-21)17-4-3-5-18(23)14-17/h3-11,14-15H,12-13H2,1-2H3,(H,24,28)(H,25,27). The third-order valence-corrected chi connectivity index (χ3v) is 4.21. The third kappa shape index (κ3) is 5.36. The third-order valence-electron chi connectivity index (χ3n) is 4.21. The minimum atomic E-state index is -0.310. The molecule has 1 aromatic heterocycles. The van der Waals surface area contributed by atoms with E-state index in [2.05, 4.69) is 34.7 Å². The molecule has 1 amide bonds. The van der Waals surface area contributed by atoms with Gasteiger partial charge in [0.15, 0.2) is 5.82 Å². The van der Waals surface area contributed by atoms with Gasteiger partial charge in [0.1, 0.15) is 5.82 Å². The van der Waals surface area contributed by atoms with Crippen LogP contribution in [0.3, 0.4) is 0 Å². The first-order valence-corrected chi connectivity index (χ1v) is 9.26. The fourth-order valence-electron chi connectivity index (χ4n) is 2.63. The zero-order chi connectivity index (χ0) is 19.9. The highest BCUT2D eigenvalue weighted by Crippen LogP contribution is 2.20. The number of rotatable bonds is 7. The van der Waals surface area contributed by atoms with Gasteiger partial charge in [0.2, 0.25) is 0 Å². The summed E-state index contributed by atoms with van der Waals surface area (Å²) in [5, 5.41) is 14.3. The van der Waals surface area contributed by atoms with E-state index < -0.39 is 0 Å². The molecule has 2 aromatic carbocycles. The van der Waals surface area contributed by atoms with E-state index in [0.29, 0.717) is 35.1 Å². The van der Waals surface area contributed by atoms with Crippen molar-refractivity contribution in [1.29, 1.82) is 0 Å². The molecule has 144 valence electrons. The maximum Gasteiger partial charge on any atom is 0.251 e. The molecular weight excluding hydrogens is 355 g/mol. The lowest BCUT2D eigenvalue weighted by atomic mass is 10.1. The van der Waals surface area contributed by atoms with Gasteiger partial charge in [-0.25, -0.2) is 4.39 Å². The zero-order valence-electron chi connectivity index (χ0n) is 15.9. The van der Waals surface area contributed by atoms with E-state index in [1.165, 1.54) is 12.1 Å². The van der Waals surface area contributed by atoms with Crippen LogP contribution >= 0.6 is 0 Å². The Morgan fingerprint density at radius 1 is 1.04 bits per heavy atom. The summed E-state index contributed by atoms with van der Waals surface area (Å²) in [7, 11) is 0. The second kappa shape index (κ2) is 9.08. The quantitative estimate of drug-likeness (QED) is 0.620. The van der Waals surface area contributed by atoms with Gasteiger partial charge in [-0.05, 0) is 60.9 Å². The van der Waals surface area contributed by atoms with Crippen molar-refractivity contribution in [3.63, 3.8) is 0 Å². The molecule has 0 radical (unpaired) electrons. The summed E-state index contributed by atoms with van der Waals surface area (Å²) in [6.45, 7) is 4.92. The van der Waals surface area contributed by atoms with Crippen molar-refractivity contribution >= 4 is 17.4 Å². The van der Waals surface area contributed by atoms with Crippen molar-refractivity contribution in [1.82, 2.24) is 15.5 Å². The smallest absolute Gasteiger partial charge is 0.251 e. The Kier molecular flexibility index (Phi) is 6.32. The van der Waals surface area contributed by atoms with Gasteiger partial charge in [-0.2, -0.15) is 0 Å². The van der Waals surface area contributed by atoms with E-state index in [4.69, 9.17) is 0 Å². The van der Waals surface area contributed by atoms with Crippen LogP contribution < -0.4 is 10.6 Å². The topological polar surface area (TPSA) is 66.9 Å². The maximum atomic E-state index is 13.3. The monoisotopic (exact) mass is 378 g/mol. The van der Waals surface area contributed by atoms with E-state index in [9.17, 15) is 9.18 Å². The molecule has 0 saturated heterocycles. The molecule has 0 spiro atoms. The minimum Gasteiger partial charge on any atom is -0.352 e. The molecular formula is C22H23FN4O. The molecule has 0 aliphatic carbocycles. The molecule has 0 aliphatic rings. The van der Waals surface area contributed by atoms with Crippen LogP contribution in [-0.4, -0.2) is 22.6 Å². The van der Waals surface area contributed by atoms with Gasteiger partial charge in [0.25, 0.3) is 5.91 Å². The number of benzene rings is 2. The molecule has 2 N–H and O–H groups in total. The molecule has 3 rings (SSSR count). The highest BCUT2D eigenvalue weighted by molar-refractivity contribution is 5.94. The number of hydrogen-bond acceptors (Lipinski definition) is 4. The number of hydrogen-bond donors (Lipinski definition) is 2. The lowest BCUT2D eigenvalue weighted by Gasteiger charge is -2.09. The van der Waals surface area contributed by atoms with Crippen LogP contribution in [0.2, 0.25) is 0 Å². The van der Waals surface area contributed by atoms with Crippen LogP contribution in [-0.2, 0) is 0 Å². The summed E-state index contributed by atoms with van der Waals surface area (Å²) in [5.41, 5.74) is 2.68. The summed E-state index contributed by atoms with van der Waals surface area (Å²) in [5.74, 6) is 0.732. The average molecular weight is 378 g/mol. The number of nitrogens with zero attached hydrogens (tertiary/aromatic N) is 2. The highest BCUT2D eigenvalue weighted by atomic mass is 19.1. The Bertz CT molecular complexity index is 924. The Labute approximate surface area is 164 Å². The fraction of sp³-hybridized carbons (Fsp3) is 0.227. The largest absolute Gasteiger partial charge is 0.352 e. The number of carbonyl (C=O) groups is 1. The zero-order valence-corrected chi connectivity index (χ0v) is 15.9. The first kappa shape index (κ1) is 19.5. The predicted octanol–water partition coefficient (Wildman–Crippen LogP) is 4.80. The van der Waals surface area contributed by atoms with Gasteiger partial charge in [0.05, 0.1) is 5.69 Å². The summed E-state index contributed by atoms with van der Waals surface area (Å²) >= 11 is 0. The van der Waals surface area contributed by atoms with E-state index >= 15 is 0 Å². The number of anilines is 2. The van der Waals surface area contributed by atoms with E-state index in [1.807, 2.05) is 12.1 Å². The molecule has 1 heterocycles. The predicted molar refractivity (Wildman–Crippen MR) is 109 cm³/mol. The Balaban J connectivity index is 1.60. The number of nitrogens with one attached hydrogen (secondary N) is 2. The summed E-state index contributed by atoms with van der Waals surface area (Å²) < 4.78 is 13.3. The summed E-state index contributed by atoms with van der Waals surface area (Å²) in [6, 6.07) is 17.0. The van der Waals surface area contributed by atoms with Crippen molar-refractivity contribution in [2.45, 2.75) is 20.3 Å². The summed E-state index contributed by atoms with van der Waals surface area (Å²) in [4.78, 5) is 12.1. The van der Waals surface area contributed by atoms with E-state index in [1.54, 1.807) is 36.4 Å². The van der Waals surface area contributed by atoms with Gasteiger partial charge < -0.3 is 10.6 Å². The highest BCUT2D eigenvalue weighted by Gasteiger charge is 2.06. The van der Waals surface area contributed by atoms with Gasteiger partial charge >= 0.3 is 0 Å².